The van der Waals surface area contributed by atoms with Crippen LogP contribution in [0.2, 0.25) is 0 Å². The van der Waals surface area contributed by atoms with E-state index < -0.39 is 29.7 Å². The molecule has 1 unspecified atom stereocenters. The van der Waals surface area contributed by atoms with Gasteiger partial charge in [0, 0.05) is 46.1 Å². The summed E-state index contributed by atoms with van der Waals surface area (Å²) in [5.41, 5.74) is -1.00. The zero-order valence-electron chi connectivity index (χ0n) is 12.1. The maximum atomic E-state index is 12.4. The summed E-state index contributed by atoms with van der Waals surface area (Å²) in [5, 5.41) is 29.1. The zero-order valence-corrected chi connectivity index (χ0v) is 12.1. The van der Waals surface area contributed by atoms with Gasteiger partial charge in [-0.05, 0) is 0 Å². The van der Waals surface area contributed by atoms with Crippen molar-refractivity contribution in [3.05, 3.63) is 0 Å². The van der Waals surface area contributed by atoms with Crippen LogP contribution in [0.4, 0.5) is 4.79 Å². The van der Waals surface area contributed by atoms with Gasteiger partial charge in [-0.15, -0.1) is 0 Å². The molecule has 2 aliphatic rings. The normalized spacial score (nSPS) is 28.4. The summed E-state index contributed by atoms with van der Waals surface area (Å²) in [4.78, 5) is 26.0. The third-order valence-electron chi connectivity index (χ3n) is 4.09. The number of carbonyl (C=O) groups is 2. The first-order valence-corrected chi connectivity index (χ1v) is 7.05. The number of carbonyl (C=O) groups excluding carboxylic acids is 1. The number of likely N-dealkylation sites (N-methyl/N-ethyl adjacent to an activating group) is 1. The Morgan fingerprint density at radius 3 is 2.57 bits per heavy atom. The zero-order chi connectivity index (χ0) is 15.6. The number of nitrogens with zero attached hydrogens (tertiary/aromatic N) is 2. The van der Waals surface area contributed by atoms with Crippen LogP contribution in [0.25, 0.3) is 0 Å². The summed E-state index contributed by atoms with van der Waals surface area (Å²) < 4.78 is 5.18. The molecule has 0 aromatic heterocycles. The number of β-amino-alcohol motifs (C(OH)–C–C–N with tert-alkyl or cyclic N) is 1. The Labute approximate surface area is 122 Å². The highest BCUT2D eigenvalue weighted by Gasteiger charge is 2.41. The maximum absolute atomic E-state index is 12.4. The number of likely N-dealkylation sites (tertiary alicyclic amines) is 1. The van der Waals surface area contributed by atoms with Crippen molar-refractivity contribution in [3.8, 4) is 0 Å². The first-order valence-electron chi connectivity index (χ1n) is 7.05. The summed E-state index contributed by atoms with van der Waals surface area (Å²) in [7, 11) is 1.53. The van der Waals surface area contributed by atoms with Gasteiger partial charge in [-0.3, -0.25) is 0 Å². The summed E-state index contributed by atoms with van der Waals surface area (Å²) in [6.07, 6.45) is 0.0905. The van der Waals surface area contributed by atoms with Gasteiger partial charge < -0.3 is 29.9 Å². The van der Waals surface area contributed by atoms with Crippen LogP contribution >= 0.6 is 0 Å². The SMILES string of the molecule is CN(CC1(O)CCOCC1)C(=O)N1CC(O)C[C@H]1C(=O)O. The number of carboxylic acids is 1. The fourth-order valence-corrected chi connectivity index (χ4v) is 2.90. The molecule has 2 fully saturated rings. The predicted molar refractivity (Wildman–Crippen MR) is 71.8 cm³/mol. The average molecular weight is 302 g/mol. The maximum Gasteiger partial charge on any atom is 0.326 e. The highest BCUT2D eigenvalue weighted by Crippen LogP contribution is 2.24. The molecule has 8 heteroatoms. The molecule has 21 heavy (non-hydrogen) atoms. The van der Waals surface area contributed by atoms with E-state index in [0.717, 1.165) is 4.90 Å². The molecule has 0 aromatic rings. The molecule has 0 aromatic carbocycles. The molecule has 2 aliphatic heterocycles. The molecule has 2 saturated heterocycles. The van der Waals surface area contributed by atoms with Crippen LogP contribution in [0.1, 0.15) is 19.3 Å². The van der Waals surface area contributed by atoms with E-state index in [1.165, 1.54) is 11.9 Å². The molecular weight excluding hydrogens is 280 g/mol. The summed E-state index contributed by atoms with van der Waals surface area (Å²) >= 11 is 0. The number of hydrogen-bond acceptors (Lipinski definition) is 5. The van der Waals surface area contributed by atoms with Crippen LogP contribution in [0.5, 0.6) is 0 Å². The lowest BCUT2D eigenvalue weighted by molar-refractivity contribution is -0.141. The molecular formula is C13H22N2O6. The Morgan fingerprint density at radius 1 is 1.38 bits per heavy atom. The van der Waals surface area contributed by atoms with E-state index in [1.54, 1.807) is 0 Å². The van der Waals surface area contributed by atoms with Gasteiger partial charge in [0.1, 0.15) is 6.04 Å². The average Bonchev–Trinajstić information content (AvgIpc) is 2.80. The number of ether oxygens (including phenoxy) is 1. The smallest absolute Gasteiger partial charge is 0.326 e. The number of carboxylic acid groups (broad SMARTS) is 1. The van der Waals surface area contributed by atoms with Gasteiger partial charge in [-0.1, -0.05) is 0 Å². The second kappa shape index (κ2) is 6.17. The van der Waals surface area contributed by atoms with Crippen molar-refractivity contribution in [3.63, 3.8) is 0 Å². The highest BCUT2D eigenvalue weighted by molar-refractivity contribution is 5.83. The van der Waals surface area contributed by atoms with E-state index in [-0.39, 0.29) is 19.5 Å². The van der Waals surface area contributed by atoms with Crippen molar-refractivity contribution in [2.45, 2.75) is 37.0 Å². The number of aliphatic hydroxyl groups is 2. The van der Waals surface area contributed by atoms with Crippen molar-refractivity contribution in [2.75, 3.05) is 33.4 Å². The van der Waals surface area contributed by atoms with Crippen LogP contribution in [-0.2, 0) is 9.53 Å². The highest BCUT2D eigenvalue weighted by atomic mass is 16.5. The van der Waals surface area contributed by atoms with Gasteiger partial charge in [-0.25, -0.2) is 9.59 Å². The largest absolute Gasteiger partial charge is 0.480 e. The summed E-state index contributed by atoms with van der Waals surface area (Å²) in [5.74, 6) is -1.13. The number of aliphatic carboxylic acids is 1. The molecule has 3 N–H and O–H groups in total. The quantitative estimate of drug-likeness (QED) is 0.623. The second-order valence-corrected chi connectivity index (χ2v) is 5.87. The Kier molecular flexibility index (Phi) is 4.70. The monoisotopic (exact) mass is 302 g/mol. The molecule has 8 nitrogen and oxygen atoms in total. The van der Waals surface area contributed by atoms with E-state index in [1.807, 2.05) is 0 Å². The third kappa shape index (κ3) is 3.63. The Morgan fingerprint density at radius 2 is 2.00 bits per heavy atom. The lowest BCUT2D eigenvalue weighted by atomic mass is 9.94. The number of hydrogen-bond donors (Lipinski definition) is 3. The van der Waals surface area contributed by atoms with Gasteiger partial charge >= 0.3 is 12.0 Å². The lowest BCUT2D eigenvalue weighted by Gasteiger charge is -2.37. The molecule has 2 rings (SSSR count). The third-order valence-corrected chi connectivity index (χ3v) is 4.09. The Balaban J connectivity index is 1.99. The molecule has 2 amide bonds. The van der Waals surface area contributed by atoms with Crippen LogP contribution in [-0.4, -0.2) is 88.2 Å². The van der Waals surface area contributed by atoms with E-state index in [0.29, 0.717) is 26.1 Å². The minimum Gasteiger partial charge on any atom is -0.480 e. The molecule has 0 radical (unpaired) electrons. The fraction of sp³-hybridized carbons (Fsp3) is 0.846. The van der Waals surface area contributed by atoms with Crippen LogP contribution in [0, 0.1) is 0 Å². The number of aliphatic hydroxyl groups excluding tert-OH is 1. The predicted octanol–water partition coefficient (Wildman–Crippen LogP) is -0.900. The topological polar surface area (TPSA) is 111 Å². The molecule has 0 aliphatic carbocycles. The van der Waals surface area contributed by atoms with Gasteiger partial charge in [0.15, 0.2) is 0 Å². The molecule has 2 heterocycles. The van der Waals surface area contributed by atoms with Gasteiger partial charge in [0.2, 0.25) is 0 Å². The van der Waals surface area contributed by atoms with Crippen LogP contribution in [0.15, 0.2) is 0 Å². The molecule has 0 saturated carbocycles. The molecule has 120 valence electrons. The first kappa shape index (κ1) is 16.0. The summed E-state index contributed by atoms with van der Waals surface area (Å²) in [6.45, 7) is 1.01. The molecule has 0 spiro atoms. The van der Waals surface area contributed by atoms with E-state index in [9.17, 15) is 19.8 Å². The minimum atomic E-state index is -1.13. The fourth-order valence-electron chi connectivity index (χ4n) is 2.90. The number of urea groups is 1. The van der Waals surface area contributed by atoms with Crippen molar-refractivity contribution >= 4 is 12.0 Å². The Hall–Kier alpha value is -1.38. The van der Waals surface area contributed by atoms with E-state index in [4.69, 9.17) is 9.84 Å². The minimum absolute atomic E-state index is 0.00167. The summed E-state index contributed by atoms with van der Waals surface area (Å²) in [6, 6.07) is -1.50. The van der Waals surface area contributed by atoms with Crippen molar-refractivity contribution in [2.24, 2.45) is 0 Å². The lowest BCUT2D eigenvalue weighted by Crippen LogP contribution is -2.52. The van der Waals surface area contributed by atoms with Gasteiger partial charge in [0.05, 0.1) is 18.2 Å². The van der Waals surface area contributed by atoms with Crippen LogP contribution < -0.4 is 0 Å². The van der Waals surface area contributed by atoms with Crippen LogP contribution in [0.3, 0.4) is 0 Å². The second-order valence-electron chi connectivity index (χ2n) is 5.87. The van der Waals surface area contributed by atoms with E-state index >= 15 is 0 Å². The van der Waals surface area contributed by atoms with Crippen molar-refractivity contribution in [1.29, 1.82) is 0 Å². The van der Waals surface area contributed by atoms with E-state index in [2.05, 4.69) is 0 Å². The van der Waals surface area contributed by atoms with Gasteiger partial charge in [0.25, 0.3) is 0 Å². The molecule has 2 atom stereocenters. The van der Waals surface area contributed by atoms with Crippen molar-refractivity contribution < 1.29 is 29.6 Å². The van der Waals surface area contributed by atoms with Gasteiger partial charge in [-0.2, -0.15) is 0 Å². The van der Waals surface area contributed by atoms with Crippen molar-refractivity contribution in [1.82, 2.24) is 9.80 Å². The number of rotatable bonds is 3. The first-order chi connectivity index (χ1) is 9.82. The standard InChI is InChI=1S/C13H22N2O6/c1-14(8-13(20)2-4-21-5-3-13)12(19)15-7-9(16)6-10(15)11(17)18/h9-10,16,20H,2-8H2,1H3,(H,17,18)/t9?,10-/m0/s1. The number of amides is 2. The Bertz CT molecular complexity index is 409. The molecule has 0 bridgehead atoms.